The Hall–Kier alpha value is -0.550. The molecule has 2 aromatic rings. The minimum atomic E-state index is -0.709. The molecule has 0 aliphatic heterocycles. The SMILES string of the molecule is COc1cc(Cl)ccc1C(O)c1cc(Br)sc1C. The van der Waals surface area contributed by atoms with Crippen molar-refractivity contribution >= 4 is 38.9 Å². The van der Waals surface area contributed by atoms with Crippen molar-refractivity contribution in [3.63, 3.8) is 0 Å². The number of thiophene rings is 1. The van der Waals surface area contributed by atoms with Crippen LogP contribution in [0.1, 0.15) is 22.1 Å². The molecular formula is C13H12BrClO2S. The number of methoxy groups -OCH3 is 1. The van der Waals surface area contributed by atoms with Crippen LogP contribution in [-0.2, 0) is 0 Å². The molecule has 18 heavy (non-hydrogen) atoms. The highest BCUT2D eigenvalue weighted by Crippen LogP contribution is 2.37. The summed E-state index contributed by atoms with van der Waals surface area (Å²) in [5.74, 6) is 0.594. The smallest absolute Gasteiger partial charge is 0.126 e. The van der Waals surface area contributed by atoms with Gasteiger partial charge in [0.05, 0.1) is 10.9 Å². The summed E-state index contributed by atoms with van der Waals surface area (Å²) in [7, 11) is 1.57. The molecule has 0 radical (unpaired) electrons. The minimum absolute atomic E-state index is 0.589. The van der Waals surface area contributed by atoms with Gasteiger partial charge in [0, 0.05) is 15.5 Å². The molecule has 1 aromatic carbocycles. The normalized spacial score (nSPS) is 12.5. The van der Waals surface area contributed by atoms with E-state index in [0.717, 1.165) is 19.8 Å². The van der Waals surface area contributed by atoms with E-state index >= 15 is 0 Å². The molecule has 1 atom stereocenters. The fourth-order valence-electron chi connectivity index (χ4n) is 1.81. The molecule has 0 amide bonds. The van der Waals surface area contributed by atoms with E-state index in [1.165, 1.54) is 0 Å². The molecule has 1 aromatic heterocycles. The number of aliphatic hydroxyl groups excluding tert-OH is 1. The van der Waals surface area contributed by atoms with Gasteiger partial charge in [0.2, 0.25) is 0 Å². The van der Waals surface area contributed by atoms with E-state index in [1.807, 2.05) is 13.0 Å². The Morgan fingerprint density at radius 1 is 1.33 bits per heavy atom. The first-order chi connectivity index (χ1) is 8.52. The fourth-order valence-corrected chi connectivity index (χ4v) is 3.71. The molecule has 96 valence electrons. The summed E-state index contributed by atoms with van der Waals surface area (Å²) < 4.78 is 6.26. The lowest BCUT2D eigenvalue weighted by atomic mass is 10.0. The largest absolute Gasteiger partial charge is 0.496 e. The van der Waals surface area contributed by atoms with Crippen molar-refractivity contribution in [2.24, 2.45) is 0 Å². The number of aliphatic hydroxyl groups is 1. The zero-order valence-corrected chi connectivity index (χ0v) is 13.1. The lowest BCUT2D eigenvalue weighted by Gasteiger charge is -2.15. The van der Waals surface area contributed by atoms with Gasteiger partial charge in [-0.1, -0.05) is 17.7 Å². The average Bonchev–Trinajstić information content (AvgIpc) is 2.67. The van der Waals surface area contributed by atoms with E-state index in [0.29, 0.717) is 10.8 Å². The maximum Gasteiger partial charge on any atom is 0.126 e. The number of rotatable bonds is 3. The fraction of sp³-hybridized carbons (Fsp3) is 0.231. The maximum atomic E-state index is 10.5. The van der Waals surface area contributed by atoms with E-state index < -0.39 is 6.10 Å². The summed E-state index contributed by atoms with van der Waals surface area (Å²) in [6.07, 6.45) is -0.709. The number of aryl methyl sites for hydroxylation is 1. The van der Waals surface area contributed by atoms with Crippen LogP contribution in [0.5, 0.6) is 5.75 Å². The van der Waals surface area contributed by atoms with Crippen molar-refractivity contribution in [1.82, 2.24) is 0 Å². The number of hydrogen-bond donors (Lipinski definition) is 1. The van der Waals surface area contributed by atoms with Gasteiger partial charge in [-0.3, -0.25) is 0 Å². The molecule has 0 aliphatic carbocycles. The van der Waals surface area contributed by atoms with E-state index in [1.54, 1.807) is 36.6 Å². The molecule has 1 unspecified atom stereocenters. The van der Waals surface area contributed by atoms with Crippen LogP contribution in [0.2, 0.25) is 5.02 Å². The van der Waals surface area contributed by atoms with Crippen LogP contribution >= 0.6 is 38.9 Å². The van der Waals surface area contributed by atoms with Gasteiger partial charge >= 0.3 is 0 Å². The molecule has 1 heterocycles. The highest BCUT2D eigenvalue weighted by atomic mass is 79.9. The van der Waals surface area contributed by atoms with E-state index in [2.05, 4.69) is 15.9 Å². The Morgan fingerprint density at radius 3 is 2.61 bits per heavy atom. The summed E-state index contributed by atoms with van der Waals surface area (Å²) >= 11 is 10.9. The molecule has 2 rings (SSSR count). The van der Waals surface area contributed by atoms with Crippen molar-refractivity contribution in [3.8, 4) is 5.75 Å². The summed E-state index contributed by atoms with van der Waals surface area (Å²) in [5, 5.41) is 11.0. The third kappa shape index (κ3) is 2.72. The monoisotopic (exact) mass is 346 g/mol. The Bertz CT molecular complexity index is 568. The lowest BCUT2D eigenvalue weighted by Crippen LogP contribution is -2.02. The van der Waals surface area contributed by atoms with Crippen molar-refractivity contribution in [2.75, 3.05) is 7.11 Å². The number of ether oxygens (including phenoxy) is 1. The van der Waals surface area contributed by atoms with Crippen LogP contribution in [0, 0.1) is 6.92 Å². The third-order valence-corrected chi connectivity index (χ3v) is 4.52. The van der Waals surface area contributed by atoms with Gasteiger partial charge < -0.3 is 9.84 Å². The summed E-state index contributed by atoms with van der Waals surface area (Å²) in [6.45, 7) is 1.98. The van der Waals surface area contributed by atoms with Gasteiger partial charge in [-0.15, -0.1) is 11.3 Å². The molecular weight excluding hydrogens is 336 g/mol. The average molecular weight is 348 g/mol. The second-order valence-corrected chi connectivity index (χ2v) is 6.92. The van der Waals surface area contributed by atoms with Crippen molar-refractivity contribution in [1.29, 1.82) is 0 Å². The molecule has 0 saturated heterocycles. The van der Waals surface area contributed by atoms with Crippen molar-refractivity contribution in [3.05, 3.63) is 49.1 Å². The Kier molecular flexibility index (Phi) is 4.33. The van der Waals surface area contributed by atoms with Gasteiger partial charge in [-0.2, -0.15) is 0 Å². The quantitative estimate of drug-likeness (QED) is 0.882. The van der Waals surface area contributed by atoms with Gasteiger partial charge in [0.25, 0.3) is 0 Å². The van der Waals surface area contributed by atoms with Crippen LogP contribution in [0.3, 0.4) is 0 Å². The molecule has 0 aliphatic rings. The predicted molar refractivity (Wildman–Crippen MR) is 78.8 cm³/mol. The van der Waals surface area contributed by atoms with Crippen molar-refractivity contribution < 1.29 is 9.84 Å². The number of benzene rings is 1. The predicted octanol–water partition coefficient (Wildman–Crippen LogP) is 4.56. The molecule has 1 N–H and O–H groups in total. The van der Waals surface area contributed by atoms with Crippen LogP contribution in [-0.4, -0.2) is 12.2 Å². The second kappa shape index (κ2) is 5.61. The van der Waals surface area contributed by atoms with Gasteiger partial charge in [0.1, 0.15) is 11.9 Å². The molecule has 2 nitrogen and oxygen atoms in total. The third-order valence-electron chi connectivity index (χ3n) is 2.71. The van der Waals surface area contributed by atoms with Gasteiger partial charge in [0.15, 0.2) is 0 Å². The van der Waals surface area contributed by atoms with Crippen LogP contribution < -0.4 is 4.74 Å². The molecule has 0 saturated carbocycles. The molecule has 0 spiro atoms. The van der Waals surface area contributed by atoms with Crippen molar-refractivity contribution in [2.45, 2.75) is 13.0 Å². The Labute approximate surface area is 123 Å². The molecule has 0 bridgehead atoms. The zero-order valence-electron chi connectivity index (χ0n) is 9.91. The summed E-state index contributed by atoms with van der Waals surface area (Å²) in [6, 6.07) is 7.17. The van der Waals surface area contributed by atoms with Crippen LogP contribution in [0.25, 0.3) is 0 Å². The van der Waals surface area contributed by atoms with Crippen LogP contribution in [0.4, 0.5) is 0 Å². The van der Waals surface area contributed by atoms with E-state index in [9.17, 15) is 5.11 Å². The van der Waals surface area contributed by atoms with E-state index in [-0.39, 0.29) is 0 Å². The first kappa shape index (κ1) is 13.9. The summed E-state index contributed by atoms with van der Waals surface area (Å²) in [5.41, 5.74) is 1.60. The molecule has 5 heteroatoms. The number of halogens is 2. The first-order valence-corrected chi connectivity index (χ1v) is 7.29. The summed E-state index contributed by atoms with van der Waals surface area (Å²) in [4.78, 5) is 1.08. The number of hydrogen-bond acceptors (Lipinski definition) is 3. The topological polar surface area (TPSA) is 29.5 Å². The van der Waals surface area contributed by atoms with Gasteiger partial charge in [-0.05, 0) is 46.6 Å². The Morgan fingerprint density at radius 2 is 2.06 bits per heavy atom. The standard InChI is InChI=1S/C13H12BrClO2S/c1-7-10(6-12(14)18-7)13(16)9-4-3-8(15)5-11(9)17-2/h3-6,13,16H,1-2H3. The zero-order chi connectivity index (χ0) is 13.3. The first-order valence-electron chi connectivity index (χ1n) is 5.30. The van der Waals surface area contributed by atoms with E-state index in [4.69, 9.17) is 16.3 Å². The van der Waals surface area contributed by atoms with Crippen LogP contribution in [0.15, 0.2) is 28.1 Å². The Balaban J connectivity index is 2.45. The second-order valence-electron chi connectivity index (χ2n) is 3.85. The maximum absolute atomic E-state index is 10.5. The van der Waals surface area contributed by atoms with Gasteiger partial charge in [-0.25, -0.2) is 0 Å². The highest BCUT2D eigenvalue weighted by Gasteiger charge is 2.19. The minimum Gasteiger partial charge on any atom is -0.496 e. The molecule has 0 fully saturated rings. The lowest BCUT2D eigenvalue weighted by molar-refractivity contribution is 0.214. The highest BCUT2D eigenvalue weighted by molar-refractivity contribution is 9.11.